The highest BCUT2D eigenvalue weighted by Crippen LogP contribution is 2.24. The van der Waals surface area contributed by atoms with E-state index in [0.29, 0.717) is 54.9 Å². The predicted octanol–water partition coefficient (Wildman–Crippen LogP) is 3.07. The van der Waals surface area contributed by atoms with Crippen molar-refractivity contribution in [3.8, 4) is 5.75 Å². The summed E-state index contributed by atoms with van der Waals surface area (Å²) in [7, 11) is 1.54. The smallest absolute Gasteiger partial charge is 0.257 e. The van der Waals surface area contributed by atoms with E-state index in [9.17, 15) is 9.59 Å². The van der Waals surface area contributed by atoms with Crippen molar-refractivity contribution in [2.24, 2.45) is 5.92 Å². The third-order valence-corrected chi connectivity index (χ3v) is 4.35. The number of benzene rings is 1. The van der Waals surface area contributed by atoms with Gasteiger partial charge >= 0.3 is 0 Å². The number of rotatable bonds is 4. The fourth-order valence-electron chi connectivity index (χ4n) is 2.87. The first-order chi connectivity index (χ1) is 11.4. The van der Waals surface area contributed by atoms with Gasteiger partial charge in [0.15, 0.2) is 0 Å². The van der Waals surface area contributed by atoms with Gasteiger partial charge in [0.05, 0.1) is 12.7 Å². The number of halogens is 1. The number of ether oxygens (including phenoxy) is 1. The van der Waals surface area contributed by atoms with E-state index in [1.165, 1.54) is 7.11 Å². The first-order valence-corrected chi connectivity index (χ1v) is 8.70. The zero-order valence-corrected chi connectivity index (χ0v) is 15.3. The molecule has 1 aliphatic rings. The number of hydrogen-bond donors (Lipinski definition) is 0. The second kappa shape index (κ2) is 8.38. The molecule has 0 bridgehead atoms. The monoisotopic (exact) mass is 352 g/mol. The van der Waals surface area contributed by atoms with Crippen LogP contribution in [-0.2, 0) is 4.79 Å². The summed E-state index contributed by atoms with van der Waals surface area (Å²) in [6.45, 7) is 6.49. The van der Waals surface area contributed by atoms with Crippen LogP contribution in [0.4, 0.5) is 0 Å². The molecule has 0 saturated carbocycles. The summed E-state index contributed by atoms with van der Waals surface area (Å²) < 4.78 is 5.28. The van der Waals surface area contributed by atoms with Crippen LogP contribution in [-0.4, -0.2) is 54.9 Å². The standard InChI is InChI=1S/C18H25ClN2O3/c1-13(2)11-17(22)20-7-4-8-21(10-9-20)18(23)15-12-14(19)5-6-16(15)24-3/h5-6,12-13H,4,7-11H2,1-3H3. The van der Waals surface area contributed by atoms with E-state index in [2.05, 4.69) is 0 Å². The van der Waals surface area contributed by atoms with Gasteiger partial charge < -0.3 is 14.5 Å². The molecular formula is C18H25ClN2O3. The highest BCUT2D eigenvalue weighted by Gasteiger charge is 2.25. The molecule has 6 heteroatoms. The Morgan fingerprint density at radius 2 is 1.83 bits per heavy atom. The average Bonchev–Trinajstić information content (AvgIpc) is 2.79. The summed E-state index contributed by atoms with van der Waals surface area (Å²) in [5.74, 6) is 0.919. The average molecular weight is 353 g/mol. The minimum Gasteiger partial charge on any atom is -0.496 e. The molecule has 1 aliphatic heterocycles. The minimum atomic E-state index is -0.104. The van der Waals surface area contributed by atoms with Crippen molar-refractivity contribution >= 4 is 23.4 Å². The molecule has 0 aromatic heterocycles. The fraction of sp³-hybridized carbons (Fsp3) is 0.556. The molecule has 24 heavy (non-hydrogen) atoms. The molecule has 0 N–H and O–H groups in total. The Bertz CT molecular complexity index is 604. The van der Waals surface area contributed by atoms with Crippen LogP contribution in [0.3, 0.4) is 0 Å². The van der Waals surface area contributed by atoms with Gasteiger partial charge in [0.1, 0.15) is 5.75 Å². The maximum Gasteiger partial charge on any atom is 0.257 e. The Balaban J connectivity index is 2.07. The third kappa shape index (κ3) is 4.63. The third-order valence-electron chi connectivity index (χ3n) is 4.11. The van der Waals surface area contributed by atoms with E-state index in [4.69, 9.17) is 16.3 Å². The number of hydrogen-bond acceptors (Lipinski definition) is 3. The van der Waals surface area contributed by atoms with Crippen LogP contribution in [0.1, 0.15) is 37.0 Å². The Hall–Kier alpha value is -1.75. The first-order valence-electron chi connectivity index (χ1n) is 8.33. The lowest BCUT2D eigenvalue weighted by atomic mass is 10.1. The Labute approximate surface area is 148 Å². The molecule has 5 nitrogen and oxygen atoms in total. The highest BCUT2D eigenvalue weighted by atomic mass is 35.5. The molecule has 2 amide bonds. The van der Waals surface area contributed by atoms with Crippen LogP contribution < -0.4 is 4.74 Å². The van der Waals surface area contributed by atoms with Crippen molar-refractivity contribution in [1.82, 2.24) is 9.80 Å². The summed E-state index contributed by atoms with van der Waals surface area (Å²) in [5, 5.41) is 0.503. The summed E-state index contributed by atoms with van der Waals surface area (Å²) in [4.78, 5) is 28.7. The van der Waals surface area contributed by atoms with Crippen molar-refractivity contribution in [1.29, 1.82) is 0 Å². The predicted molar refractivity (Wildman–Crippen MR) is 94.6 cm³/mol. The van der Waals surface area contributed by atoms with Gasteiger partial charge in [-0.3, -0.25) is 9.59 Å². The normalized spacial score (nSPS) is 15.4. The second-order valence-electron chi connectivity index (χ2n) is 6.47. The van der Waals surface area contributed by atoms with Crippen LogP contribution in [0, 0.1) is 5.92 Å². The summed E-state index contributed by atoms with van der Waals surface area (Å²) in [6.07, 6.45) is 1.33. The van der Waals surface area contributed by atoms with Crippen LogP contribution in [0.5, 0.6) is 5.75 Å². The summed E-state index contributed by atoms with van der Waals surface area (Å²) >= 11 is 6.02. The molecule has 0 atom stereocenters. The molecule has 0 aliphatic carbocycles. The molecule has 1 aromatic carbocycles. The molecule has 1 fully saturated rings. The van der Waals surface area contributed by atoms with Gasteiger partial charge in [-0.2, -0.15) is 0 Å². The molecule has 132 valence electrons. The maximum atomic E-state index is 12.8. The zero-order valence-electron chi connectivity index (χ0n) is 14.5. The Morgan fingerprint density at radius 1 is 1.17 bits per heavy atom. The molecule has 2 rings (SSSR count). The minimum absolute atomic E-state index is 0.104. The molecular weight excluding hydrogens is 328 g/mol. The van der Waals surface area contributed by atoms with Gasteiger partial charge in [0.2, 0.25) is 5.91 Å². The largest absolute Gasteiger partial charge is 0.496 e. The van der Waals surface area contributed by atoms with Crippen LogP contribution in [0.25, 0.3) is 0 Å². The lowest BCUT2D eigenvalue weighted by Gasteiger charge is -2.23. The van der Waals surface area contributed by atoms with Gasteiger partial charge in [-0.1, -0.05) is 25.4 Å². The van der Waals surface area contributed by atoms with Gasteiger partial charge in [-0.25, -0.2) is 0 Å². The van der Waals surface area contributed by atoms with Crippen LogP contribution >= 0.6 is 11.6 Å². The van der Waals surface area contributed by atoms with Gasteiger partial charge in [-0.15, -0.1) is 0 Å². The van der Waals surface area contributed by atoms with E-state index >= 15 is 0 Å². The van der Waals surface area contributed by atoms with Crippen molar-refractivity contribution < 1.29 is 14.3 Å². The lowest BCUT2D eigenvalue weighted by Crippen LogP contribution is -2.37. The number of carbonyl (C=O) groups excluding carboxylic acids is 2. The van der Waals surface area contributed by atoms with E-state index in [-0.39, 0.29) is 11.8 Å². The summed E-state index contributed by atoms with van der Waals surface area (Å²) in [6, 6.07) is 5.03. The van der Waals surface area contributed by atoms with Crippen molar-refractivity contribution in [2.75, 3.05) is 33.3 Å². The van der Waals surface area contributed by atoms with Gasteiger partial charge in [-0.05, 0) is 30.5 Å². The highest BCUT2D eigenvalue weighted by molar-refractivity contribution is 6.31. The lowest BCUT2D eigenvalue weighted by molar-refractivity contribution is -0.131. The number of carbonyl (C=O) groups is 2. The molecule has 0 radical (unpaired) electrons. The fourth-order valence-corrected chi connectivity index (χ4v) is 3.04. The van der Waals surface area contributed by atoms with Crippen LogP contribution in [0.2, 0.25) is 5.02 Å². The van der Waals surface area contributed by atoms with E-state index in [1.54, 1.807) is 23.1 Å². The van der Waals surface area contributed by atoms with E-state index in [1.807, 2.05) is 18.7 Å². The van der Waals surface area contributed by atoms with E-state index in [0.717, 1.165) is 6.42 Å². The Morgan fingerprint density at radius 3 is 2.50 bits per heavy atom. The molecule has 1 aromatic rings. The van der Waals surface area contributed by atoms with Gasteiger partial charge in [0, 0.05) is 37.6 Å². The quantitative estimate of drug-likeness (QED) is 0.836. The van der Waals surface area contributed by atoms with Gasteiger partial charge in [0.25, 0.3) is 5.91 Å². The van der Waals surface area contributed by atoms with Crippen molar-refractivity contribution in [3.63, 3.8) is 0 Å². The molecule has 1 saturated heterocycles. The zero-order chi connectivity index (χ0) is 17.7. The second-order valence-corrected chi connectivity index (χ2v) is 6.91. The van der Waals surface area contributed by atoms with Crippen molar-refractivity contribution in [3.05, 3.63) is 28.8 Å². The molecule has 1 heterocycles. The topological polar surface area (TPSA) is 49.9 Å². The molecule has 0 unspecified atom stereocenters. The van der Waals surface area contributed by atoms with Crippen LogP contribution in [0.15, 0.2) is 18.2 Å². The maximum absolute atomic E-state index is 12.8. The number of amides is 2. The summed E-state index contributed by atoms with van der Waals surface area (Å²) in [5.41, 5.74) is 0.465. The molecule has 0 spiro atoms. The Kier molecular flexibility index (Phi) is 6.49. The SMILES string of the molecule is COc1ccc(Cl)cc1C(=O)N1CCCN(C(=O)CC(C)C)CC1. The van der Waals surface area contributed by atoms with E-state index < -0.39 is 0 Å². The first kappa shape index (κ1) is 18.6. The number of methoxy groups -OCH3 is 1. The van der Waals surface area contributed by atoms with Crippen molar-refractivity contribution in [2.45, 2.75) is 26.7 Å². The number of nitrogens with zero attached hydrogens (tertiary/aromatic N) is 2.